The lowest BCUT2D eigenvalue weighted by molar-refractivity contribution is -0.152. The highest BCUT2D eigenvalue weighted by molar-refractivity contribution is 6.24. The Kier molecular flexibility index (Phi) is 6.01. The predicted octanol–water partition coefficient (Wildman–Crippen LogP) is 4.64. The molecular weight excluding hydrogens is 356 g/mol. The van der Waals surface area contributed by atoms with Crippen LogP contribution in [0.3, 0.4) is 0 Å². The molecule has 2 aliphatic heterocycles. The van der Waals surface area contributed by atoms with E-state index in [9.17, 15) is 14.4 Å². The highest BCUT2D eigenvalue weighted by atomic mass is 16.6. The third kappa shape index (κ3) is 3.75. The third-order valence-corrected chi connectivity index (χ3v) is 5.57. The van der Waals surface area contributed by atoms with Crippen molar-refractivity contribution in [3.05, 3.63) is 46.5 Å². The van der Waals surface area contributed by atoms with Crippen LogP contribution in [0.1, 0.15) is 72.1 Å². The van der Waals surface area contributed by atoms with Gasteiger partial charge < -0.3 is 9.47 Å². The number of Topliss-reactive ketones (excluding diaryl/α,β-unsaturated/α-hetero) is 1. The normalized spacial score (nSPS) is 23.3. The van der Waals surface area contributed by atoms with Crippen LogP contribution in [0, 0.1) is 0 Å². The number of rotatable bonds is 9. The zero-order valence-electron chi connectivity index (χ0n) is 16.9. The molecule has 0 N–H and O–H groups in total. The third-order valence-electron chi connectivity index (χ3n) is 5.57. The summed E-state index contributed by atoms with van der Waals surface area (Å²) in [5.74, 6) is -0.639. The van der Waals surface area contributed by atoms with E-state index in [1.54, 1.807) is 19.9 Å². The van der Waals surface area contributed by atoms with Crippen molar-refractivity contribution in [2.24, 2.45) is 0 Å². The molecule has 0 saturated carbocycles. The summed E-state index contributed by atoms with van der Waals surface area (Å²) in [4.78, 5) is 38.0. The van der Waals surface area contributed by atoms with Crippen LogP contribution in [-0.4, -0.2) is 23.1 Å². The van der Waals surface area contributed by atoms with Crippen LogP contribution < -0.4 is 0 Å². The van der Waals surface area contributed by atoms with Crippen molar-refractivity contribution >= 4 is 17.5 Å². The van der Waals surface area contributed by atoms with Gasteiger partial charge in [0.15, 0.2) is 11.4 Å². The summed E-state index contributed by atoms with van der Waals surface area (Å²) in [6.07, 6.45) is 12.6. The maximum atomic E-state index is 12.9. The van der Waals surface area contributed by atoms with Crippen molar-refractivity contribution < 1.29 is 23.9 Å². The fourth-order valence-corrected chi connectivity index (χ4v) is 3.97. The van der Waals surface area contributed by atoms with Crippen LogP contribution in [0.2, 0.25) is 0 Å². The van der Waals surface area contributed by atoms with Gasteiger partial charge in [-0.2, -0.15) is 0 Å². The fraction of sp³-hybridized carbons (Fsp3) is 0.522. The molecule has 0 fully saturated rings. The summed E-state index contributed by atoms with van der Waals surface area (Å²) in [5.41, 5.74) is 0.161. The number of carbonyl (C=O) groups excluding carboxylic acids is 3. The van der Waals surface area contributed by atoms with E-state index < -0.39 is 11.6 Å². The van der Waals surface area contributed by atoms with Gasteiger partial charge >= 0.3 is 5.97 Å². The topological polar surface area (TPSA) is 69.7 Å². The summed E-state index contributed by atoms with van der Waals surface area (Å²) in [5, 5.41) is 0. The molecule has 0 aromatic rings. The molecule has 150 valence electrons. The van der Waals surface area contributed by atoms with Crippen molar-refractivity contribution in [3.63, 3.8) is 0 Å². The molecule has 0 amide bonds. The van der Waals surface area contributed by atoms with Gasteiger partial charge in [0.25, 0.3) is 0 Å². The minimum Gasteiger partial charge on any atom is -0.469 e. The molecule has 0 bridgehead atoms. The Balaban J connectivity index is 1.77. The van der Waals surface area contributed by atoms with E-state index in [0.717, 1.165) is 19.3 Å². The smallest absolute Gasteiger partial charge is 0.343 e. The Morgan fingerprint density at radius 1 is 1.04 bits per heavy atom. The molecule has 1 atom stereocenters. The SMILES string of the molecule is CCCCCCCCCC(=O)C1=C2C3=COC(C)=CC3=CC(=O)[C@]2(C)OC1=O. The maximum absolute atomic E-state index is 12.9. The first-order valence-corrected chi connectivity index (χ1v) is 10.2. The number of ketones is 2. The number of hydrogen-bond acceptors (Lipinski definition) is 5. The Hall–Kier alpha value is -2.43. The molecule has 0 aromatic heterocycles. The zero-order valence-corrected chi connectivity index (χ0v) is 16.9. The molecule has 3 aliphatic rings. The Labute approximate surface area is 166 Å². The van der Waals surface area contributed by atoms with E-state index in [-0.39, 0.29) is 23.6 Å². The Morgan fingerprint density at radius 2 is 1.71 bits per heavy atom. The molecule has 3 rings (SSSR count). The standard InChI is InChI=1S/C23H28O5/c1-4-5-6-7-8-9-10-11-18(24)20-21-17-14-27-15(2)12-16(17)13-19(25)23(21,3)28-22(20)26/h12-14H,4-11H2,1-3H3/t23-/m0/s1. The summed E-state index contributed by atoms with van der Waals surface area (Å²) in [6.45, 7) is 5.52. The van der Waals surface area contributed by atoms with Gasteiger partial charge in [0.2, 0.25) is 5.78 Å². The number of hydrogen-bond donors (Lipinski definition) is 0. The predicted molar refractivity (Wildman–Crippen MR) is 105 cm³/mol. The van der Waals surface area contributed by atoms with Gasteiger partial charge in [0.1, 0.15) is 11.3 Å². The minimum atomic E-state index is -1.44. The molecule has 0 radical (unpaired) electrons. The highest BCUT2D eigenvalue weighted by Gasteiger charge is 2.54. The molecule has 0 saturated heterocycles. The number of unbranched alkanes of at least 4 members (excludes halogenated alkanes) is 6. The lowest BCUT2D eigenvalue weighted by Gasteiger charge is -2.31. The lowest BCUT2D eigenvalue weighted by Crippen LogP contribution is -2.40. The van der Waals surface area contributed by atoms with Crippen molar-refractivity contribution in [2.45, 2.75) is 77.7 Å². The largest absolute Gasteiger partial charge is 0.469 e. The second-order valence-corrected chi connectivity index (χ2v) is 7.84. The van der Waals surface area contributed by atoms with Crippen molar-refractivity contribution in [1.29, 1.82) is 0 Å². The van der Waals surface area contributed by atoms with Crippen molar-refractivity contribution in [1.82, 2.24) is 0 Å². The number of fused-ring (bicyclic) bond motifs is 3. The average Bonchev–Trinajstić information content (AvgIpc) is 2.93. The lowest BCUT2D eigenvalue weighted by atomic mass is 9.75. The van der Waals surface area contributed by atoms with Crippen LogP contribution in [0.5, 0.6) is 0 Å². The van der Waals surface area contributed by atoms with Crippen LogP contribution >= 0.6 is 0 Å². The number of ether oxygens (including phenoxy) is 2. The van der Waals surface area contributed by atoms with E-state index in [0.29, 0.717) is 22.5 Å². The summed E-state index contributed by atoms with van der Waals surface area (Å²) in [7, 11) is 0. The number of allylic oxidation sites excluding steroid dienone is 3. The first kappa shape index (κ1) is 20.3. The van der Waals surface area contributed by atoms with Gasteiger partial charge in [0, 0.05) is 17.6 Å². The average molecular weight is 384 g/mol. The molecular formula is C23H28O5. The Morgan fingerprint density at radius 3 is 2.43 bits per heavy atom. The van der Waals surface area contributed by atoms with Gasteiger partial charge in [-0.25, -0.2) is 4.79 Å². The van der Waals surface area contributed by atoms with Crippen LogP contribution in [0.25, 0.3) is 0 Å². The summed E-state index contributed by atoms with van der Waals surface area (Å²) >= 11 is 0. The Bertz CT molecular complexity index is 824. The van der Waals surface area contributed by atoms with Crippen molar-refractivity contribution in [3.8, 4) is 0 Å². The van der Waals surface area contributed by atoms with Crippen LogP contribution in [0.4, 0.5) is 0 Å². The van der Waals surface area contributed by atoms with E-state index >= 15 is 0 Å². The molecule has 0 unspecified atom stereocenters. The molecule has 5 heteroatoms. The van der Waals surface area contributed by atoms with Gasteiger partial charge in [-0.3, -0.25) is 9.59 Å². The van der Waals surface area contributed by atoms with Gasteiger partial charge in [-0.1, -0.05) is 45.4 Å². The molecule has 0 spiro atoms. The first-order valence-electron chi connectivity index (χ1n) is 10.2. The minimum absolute atomic E-state index is 0.00948. The molecule has 5 nitrogen and oxygen atoms in total. The molecule has 1 aliphatic carbocycles. The van der Waals surface area contributed by atoms with Crippen LogP contribution in [0.15, 0.2) is 46.5 Å². The number of esters is 1. The molecule has 2 heterocycles. The molecule has 0 aromatic carbocycles. The van der Waals surface area contributed by atoms with Gasteiger partial charge in [-0.15, -0.1) is 0 Å². The molecule has 28 heavy (non-hydrogen) atoms. The second-order valence-electron chi connectivity index (χ2n) is 7.84. The monoisotopic (exact) mass is 384 g/mol. The maximum Gasteiger partial charge on any atom is 0.343 e. The second kappa shape index (κ2) is 8.29. The van der Waals surface area contributed by atoms with Gasteiger partial charge in [-0.05, 0) is 38.0 Å². The van der Waals surface area contributed by atoms with E-state index in [1.807, 2.05) is 0 Å². The summed E-state index contributed by atoms with van der Waals surface area (Å²) < 4.78 is 10.9. The first-order chi connectivity index (χ1) is 13.4. The zero-order chi connectivity index (χ0) is 20.3. The van der Waals surface area contributed by atoms with Gasteiger partial charge in [0.05, 0.1) is 6.26 Å². The number of carbonyl (C=O) groups is 3. The van der Waals surface area contributed by atoms with E-state index in [2.05, 4.69) is 6.92 Å². The summed E-state index contributed by atoms with van der Waals surface area (Å²) in [6, 6.07) is 0. The highest BCUT2D eigenvalue weighted by Crippen LogP contribution is 2.46. The van der Waals surface area contributed by atoms with E-state index in [4.69, 9.17) is 9.47 Å². The quantitative estimate of drug-likeness (QED) is 0.329. The fourth-order valence-electron chi connectivity index (χ4n) is 3.97. The van der Waals surface area contributed by atoms with Crippen LogP contribution in [-0.2, 0) is 23.9 Å². The van der Waals surface area contributed by atoms with E-state index in [1.165, 1.54) is 38.0 Å². The van der Waals surface area contributed by atoms with Crippen molar-refractivity contribution in [2.75, 3.05) is 0 Å².